The largest absolute Gasteiger partial charge is 0.497 e. The highest BCUT2D eigenvalue weighted by Gasteiger charge is 2.35. The van der Waals surface area contributed by atoms with Gasteiger partial charge in [0.1, 0.15) is 5.75 Å². The molecule has 0 saturated carbocycles. The standard InChI is InChI=1S/C28H31N5O3/c1-36-24-8-6-7-23(18-24)33-19-21(17-27(33)34)28(35)29-22-11-9-20(10-12-22)25-13-14-26(31-30-25)32-15-4-2-3-5-16-32/h6-14,18,21H,2-5,15-17,19H2,1H3,(H,29,35). The Bertz CT molecular complexity index is 1200. The number of methoxy groups -OCH3 is 1. The van der Waals surface area contributed by atoms with Gasteiger partial charge in [0.05, 0.1) is 18.7 Å². The third kappa shape index (κ3) is 5.32. The first kappa shape index (κ1) is 23.8. The van der Waals surface area contributed by atoms with Crippen molar-refractivity contribution < 1.29 is 14.3 Å². The second kappa shape index (κ2) is 10.8. The van der Waals surface area contributed by atoms with Crippen LogP contribution in [0.3, 0.4) is 0 Å². The van der Waals surface area contributed by atoms with Crippen LogP contribution in [-0.4, -0.2) is 48.8 Å². The van der Waals surface area contributed by atoms with E-state index in [0.717, 1.165) is 35.9 Å². The topological polar surface area (TPSA) is 87.7 Å². The molecule has 8 heteroatoms. The van der Waals surface area contributed by atoms with E-state index >= 15 is 0 Å². The summed E-state index contributed by atoms with van der Waals surface area (Å²) in [5, 5.41) is 11.8. The first-order chi connectivity index (χ1) is 17.6. The molecule has 1 unspecified atom stereocenters. The lowest BCUT2D eigenvalue weighted by Crippen LogP contribution is -2.28. The molecule has 3 heterocycles. The lowest BCUT2D eigenvalue weighted by atomic mass is 10.1. The lowest BCUT2D eigenvalue weighted by molar-refractivity contribution is -0.122. The Morgan fingerprint density at radius 1 is 0.972 bits per heavy atom. The summed E-state index contributed by atoms with van der Waals surface area (Å²) in [5.74, 6) is 0.956. The van der Waals surface area contributed by atoms with Crippen molar-refractivity contribution in [2.24, 2.45) is 5.92 Å². The van der Waals surface area contributed by atoms with Gasteiger partial charge in [-0.3, -0.25) is 9.59 Å². The van der Waals surface area contributed by atoms with Gasteiger partial charge in [-0.15, -0.1) is 10.2 Å². The van der Waals surface area contributed by atoms with Crippen LogP contribution in [-0.2, 0) is 9.59 Å². The van der Waals surface area contributed by atoms with Crippen LogP contribution < -0.4 is 19.9 Å². The van der Waals surface area contributed by atoms with Gasteiger partial charge >= 0.3 is 0 Å². The predicted octanol–water partition coefficient (Wildman–Crippen LogP) is 4.52. The first-order valence-electron chi connectivity index (χ1n) is 12.5. The third-order valence-corrected chi connectivity index (χ3v) is 6.89. The highest BCUT2D eigenvalue weighted by Crippen LogP contribution is 2.29. The Hall–Kier alpha value is -3.94. The van der Waals surface area contributed by atoms with Gasteiger partial charge in [0.15, 0.2) is 5.82 Å². The van der Waals surface area contributed by atoms with Crippen molar-refractivity contribution in [3.63, 3.8) is 0 Å². The number of ether oxygens (including phenoxy) is 1. The van der Waals surface area contributed by atoms with Crippen molar-refractivity contribution in [2.75, 3.05) is 41.9 Å². The van der Waals surface area contributed by atoms with Gasteiger partial charge in [-0.1, -0.05) is 31.0 Å². The number of aromatic nitrogens is 2. The average molecular weight is 486 g/mol. The minimum atomic E-state index is -0.416. The van der Waals surface area contributed by atoms with E-state index in [1.165, 1.54) is 25.7 Å². The molecule has 186 valence electrons. The van der Waals surface area contributed by atoms with E-state index in [1.807, 2.05) is 54.6 Å². The minimum Gasteiger partial charge on any atom is -0.497 e. The number of anilines is 3. The number of carbonyl (C=O) groups is 2. The molecule has 1 atom stereocenters. The molecular weight excluding hydrogens is 454 g/mol. The van der Waals surface area contributed by atoms with Crippen molar-refractivity contribution >= 4 is 29.0 Å². The maximum Gasteiger partial charge on any atom is 0.229 e. The zero-order chi connectivity index (χ0) is 24.9. The van der Waals surface area contributed by atoms with E-state index in [-0.39, 0.29) is 18.2 Å². The summed E-state index contributed by atoms with van der Waals surface area (Å²) in [6.07, 6.45) is 5.14. The van der Waals surface area contributed by atoms with Crippen LogP contribution >= 0.6 is 0 Å². The number of benzene rings is 2. The molecule has 0 spiro atoms. The number of carbonyl (C=O) groups excluding carboxylic acids is 2. The SMILES string of the molecule is COc1cccc(N2CC(C(=O)Nc3ccc(-c4ccc(N5CCCCCC5)nn4)cc3)CC2=O)c1. The molecule has 2 amide bonds. The summed E-state index contributed by atoms with van der Waals surface area (Å²) < 4.78 is 5.25. The van der Waals surface area contributed by atoms with Crippen LogP contribution in [0.5, 0.6) is 5.75 Å². The summed E-state index contributed by atoms with van der Waals surface area (Å²) in [4.78, 5) is 29.4. The summed E-state index contributed by atoms with van der Waals surface area (Å²) in [6.45, 7) is 2.41. The molecule has 1 N–H and O–H groups in total. The number of amides is 2. The molecule has 2 saturated heterocycles. The molecule has 0 aliphatic carbocycles. The van der Waals surface area contributed by atoms with Gasteiger partial charge in [-0.25, -0.2) is 0 Å². The molecule has 0 bridgehead atoms. The van der Waals surface area contributed by atoms with E-state index < -0.39 is 5.92 Å². The van der Waals surface area contributed by atoms with Gasteiger partial charge < -0.3 is 19.9 Å². The van der Waals surface area contributed by atoms with Gasteiger partial charge in [0.25, 0.3) is 0 Å². The van der Waals surface area contributed by atoms with Gasteiger partial charge in [0.2, 0.25) is 11.8 Å². The van der Waals surface area contributed by atoms with Gasteiger partial charge in [-0.2, -0.15) is 0 Å². The van der Waals surface area contributed by atoms with E-state index in [4.69, 9.17) is 4.74 Å². The Morgan fingerprint density at radius 2 is 1.75 bits per heavy atom. The Labute approximate surface area is 211 Å². The smallest absolute Gasteiger partial charge is 0.229 e. The number of nitrogens with zero attached hydrogens (tertiary/aromatic N) is 4. The van der Waals surface area contributed by atoms with Gasteiger partial charge in [-0.05, 0) is 49.2 Å². The maximum absolute atomic E-state index is 12.9. The van der Waals surface area contributed by atoms with Crippen LogP contribution in [0.1, 0.15) is 32.1 Å². The second-order valence-electron chi connectivity index (χ2n) is 9.35. The monoisotopic (exact) mass is 485 g/mol. The molecule has 3 aromatic rings. The number of hydrogen-bond acceptors (Lipinski definition) is 6. The normalized spacial score (nSPS) is 18.1. The summed E-state index contributed by atoms with van der Waals surface area (Å²) in [7, 11) is 1.59. The Morgan fingerprint density at radius 3 is 2.44 bits per heavy atom. The van der Waals surface area contributed by atoms with Crippen LogP contribution in [0.2, 0.25) is 0 Å². The fourth-order valence-corrected chi connectivity index (χ4v) is 4.83. The number of rotatable bonds is 6. The number of hydrogen-bond donors (Lipinski definition) is 1. The Kier molecular flexibility index (Phi) is 7.11. The van der Waals surface area contributed by atoms with E-state index in [1.54, 1.807) is 18.1 Å². The minimum absolute atomic E-state index is 0.0686. The molecule has 0 radical (unpaired) electrons. The van der Waals surface area contributed by atoms with Crippen LogP contribution in [0.25, 0.3) is 11.3 Å². The fourth-order valence-electron chi connectivity index (χ4n) is 4.83. The quantitative estimate of drug-likeness (QED) is 0.552. The van der Waals surface area contributed by atoms with Crippen molar-refractivity contribution in [1.82, 2.24) is 10.2 Å². The van der Waals surface area contributed by atoms with Crippen molar-refractivity contribution in [2.45, 2.75) is 32.1 Å². The molecule has 1 aromatic heterocycles. The predicted molar refractivity (Wildman–Crippen MR) is 140 cm³/mol. The molecule has 8 nitrogen and oxygen atoms in total. The van der Waals surface area contributed by atoms with E-state index in [0.29, 0.717) is 18.0 Å². The Balaban J connectivity index is 1.20. The van der Waals surface area contributed by atoms with E-state index in [2.05, 4.69) is 20.4 Å². The zero-order valence-electron chi connectivity index (χ0n) is 20.5. The lowest BCUT2D eigenvalue weighted by Gasteiger charge is -2.20. The summed E-state index contributed by atoms with van der Waals surface area (Å²) in [5.41, 5.74) is 3.15. The van der Waals surface area contributed by atoms with Gasteiger partial charge in [0, 0.05) is 49.1 Å². The molecule has 2 aliphatic rings. The molecule has 36 heavy (non-hydrogen) atoms. The van der Waals surface area contributed by atoms with Crippen molar-refractivity contribution in [1.29, 1.82) is 0 Å². The molecule has 2 aliphatic heterocycles. The van der Waals surface area contributed by atoms with Crippen LogP contribution in [0.4, 0.5) is 17.2 Å². The second-order valence-corrected chi connectivity index (χ2v) is 9.35. The van der Waals surface area contributed by atoms with Crippen LogP contribution in [0.15, 0.2) is 60.7 Å². The van der Waals surface area contributed by atoms with Crippen molar-refractivity contribution in [3.8, 4) is 17.0 Å². The van der Waals surface area contributed by atoms with E-state index in [9.17, 15) is 9.59 Å². The maximum atomic E-state index is 12.9. The number of nitrogens with one attached hydrogen (secondary N) is 1. The summed E-state index contributed by atoms with van der Waals surface area (Å²) >= 11 is 0. The molecular formula is C28H31N5O3. The third-order valence-electron chi connectivity index (χ3n) is 6.89. The first-order valence-corrected chi connectivity index (χ1v) is 12.5. The summed E-state index contributed by atoms with van der Waals surface area (Å²) in [6, 6.07) is 18.9. The fraction of sp³-hybridized carbons (Fsp3) is 0.357. The van der Waals surface area contributed by atoms with Crippen LogP contribution in [0, 0.1) is 5.92 Å². The van der Waals surface area contributed by atoms with Crippen molar-refractivity contribution in [3.05, 3.63) is 60.7 Å². The zero-order valence-corrected chi connectivity index (χ0v) is 20.5. The highest BCUT2D eigenvalue weighted by molar-refractivity contribution is 6.03. The highest BCUT2D eigenvalue weighted by atomic mass is 16.5. The molecule has 5 rings (SSSR count). The average Bonchev–Trinajstić information content (AvgIpc) is 3.11. The molecule has 2 fully saturated rings. The molecule has 2 aromatic carbocycles.